The number of hydrogen-bond donors (Lipinski definition) is 4. The van der Waals surface area contributed by atoms with E-state index < -0.39 is 36.3 Å². The molecule has 8 nitrogen and oxygen atoms in total. The summed E-state index contributed by atoms with van der Waals surface area (Å²) in [5, 5.41) is 27.2. The van der Waals surface area contributed by atoms with E-state index in [0.717, 1.165) is 0 Å². The van der Waals surface area contributed by atoms with Crippen molar-refractivity contribution in [3.63, 3.8) is 0 Å². The fourth-order valence-electron chi connectivity index (χ4n) is 0.892. The minimum atomic E-state index is -1.39. The highest BCUT2D eigenvalue weighted by Crippen LogP contribution is 1.98. The largest absolute Gasteiger partial charge is 0.481 e. The number of rotatable bonds is 7. The highest BCUT2D eigenvalue weighted by Gasteiger charge is 2.19. The van der Waals surface area contributed by atoms with Crippen molar-refractivity contribution < 1.29 is 34.5 Å². The summed E-state index contributed by atoms with van der Waals surface area (Å²) < 4.78 is 0. The Morgan fingerprint density at radius 1 is 1.06 bits per heavy atom. The predicted molar refractivity (Wildman–Crippen MR) is 53.2 cm³/mol. The second-order valence-electron chi connectivity index (χ2n) is 3.00. The van der Waals surface area contributed by atoms with Crippen molar-refractivity contribution in [1.82, 2.24) is 5.32 Å². The van der Waals surface area contributed by atoms with Gasteiger partial charge in [-0.2, -0.15) is 0 Å². The van der Waals surface area contributed by atoms with Gasteiger partial charge in [-0.05, 0) is 6.42 Å². The van der Waals surface area contributed by atoms with Gasteiger partial charge in [-0.1, -0.05) is 0 Å². The Kier molecular flexibility index (Phi) is 6.01. The summed E-state index contributed by atoms with van der Waals surface area (Å²) in [4.78, 5) is 42.0. The predicted octanol–water partition coefficient (Wildman–Crippen LogP) is -0.939. The monoisotopic (exact) mass is 245 g/mol. The van der Waals surface area contributed by atoms with Gasteiger partial charge in [-0.15, -0.1) is 0 Å². The van der Waals surface area contributed by atoms with Gasteiger partial charge in [-0.25, -0.2) is 9.59 Å². The normalized spacial score (nSPS) is 12.0. The maximum atomic E-state index is 11.0. The Morgan fingerprint density at radius 2 is 1.65 bits per heavy atom. The number of carbonyl (C=O) groups is 4. The summed E-state index contributed by atoms with van der Waals surface area (Å²) in [7, 11) is 0. The van der Waals surface area contributed by atoms with Crippen molar-refractivity contribution in [2.24, 2.45) is 0 Å². The number of carbonyl (C=O) groups excluding carboxylic acids is 1. The molecule has 0 aliphatic rings. The zero-order valence-corrected chi connectivity index (χ0v) is 8.62. The van der Waals surface area contributed by atoms with Crippen LogP contribution >= 0.6 is 0 Å². The third-order valence-corrected chi connectivity index (χ3v) is 1.64. The van der Waals surface area contributed by atoms with Gasteiger partial charge in [-0.3, -0.25) is 9.59 Å². The van der Waals surface area contributed by atoms with E-state index in [-0.39, 0.29) is 6.42 Å². The average Bonchev–Trinajstić information content (AvgIpc) is 2.20. The Morgan fingerprint density at radius 3 is 2.06 bits per heavy atom. The molecule has 0 saturated heterocycles. The average molecular weight is 245 g/mol. The first kappa shape index (κ1) is 14.6. The molecule has 0 radical (unpaired) electrons. The SMILES string of the molecule is O=C(O)/C=C/C(=O)NC(CCC(=O)O)C(=O)O. The molecule has 1 atom stereocenters. The zero-order valence-electron chi connectivity index (χ0n) is 8.62. The highest BCUT2D eigenvalue weighted by atomic mass is 16.4. The topological polar surface area (TPSA) is 141 Å². The quantitative estimate of drug-likeness (QED) is 0.424. The van der Waals surface area contributed by atoms with Crippen LogP contribution in [0.4, 0.5) is 0 Å². The fraction of sp³-hybridized carbons (Fsp3) is 0.333. The van der Waals surface area contributed by atoms with Crippen molar-refractivity contribution in [2.75, 3.05) is 0 Å². The van der Waals surface area contributed by atoms with Crippen LogP contribution < -0.4 is 5.32 Å². The van der Waals surface area contributed by atoms with Gasteiger partial charge in [0.05, 0.1) is 0 Å². The maximum absolute atomic E-state index is 11.0. The summed E-state index contributed by atoms with van der Waals surface area (Å²) in [6.07, 6.45) is 0.502. The van der Waals surface area contributed by atoms with Gasteiger partial charge >= 0.3 is 17.9 Å². The smallest absolute Gasteiger partial charge is 0.328 e. The van der Waals surface area contributed by atoms with E-state index in [0.29, 0.717) is 12.2 Å². The molecule has 0 saturated carbocycles. The molecule has 0 aromatic carbocycles. The first-order chi connectivity index (χ1) is 7.82. The summed E-state index contributed by atoms with van der Waals surface area (Å²) >= 11 is 0. The van der Waals surface area contributed by atoms with Gasteiger partial charge in [0.1, 0.15) is 6.04 Å². The Bertz CT molecular complexity index is 360. The molecule has 0 aliphatic carbocycles. The van der Waals surface area contributed by atoms with Gasteiger partial charge in [0, 0.05) is 18.6 Å². The maximum Gasteiger partial charge on any atom is 0.328 e. The van der Waals surface area contributed by atoms with E-state index in [2.05, 4.69) is 0 Å². The van der Waals surface area contributed by atoms with Crippen molar-refractivity contribution in [3.05, 3.63) is 12.2 Å². The molecule has 1 amide bonds. The molecular weight excluding hydrogens is 234 g/mol. The molecule has 0 bridgehead atoms. The first-order valence-electron chi connectivity index (χ1n) is 4.49. The van der Waals surface area contributed by atoms with Crippen LogP contribution in [0.5, 0.6) is 0 Å². The third kappa shape index (κ3) is 7.54. The summed E-state index contributed by atoms with van der Waals surface area (Å²) in [6.45, 7) is 0. The molecule has 0 aromatic rings. The van der Waals surface area contributed by atoms with Crippen LogP contribution in [-0.2, 0) is 19.2 Å². The molecule has 0 spiro atoms. The Balaban J connectivity index is 4.34. The number of hydrogen-bond acceptors (Lipinski definition) is 4. The molecule has 17 heavy (non-hydrogen) atoms. The molecule has 0 aromatic heterocycles. The molecule has 1 unspecified atom stereocenters. The van der Waals surface area contributed by atoms with Crippen LogP contribution in [0, 0.1) is 0 Å². The van der Waals surface area contributed by atoms with Gasteiger partial charge in [0.15, 0.2) is 0 Å². The molecule has 94 valence electrons. The van der Waals surface area contributed by atoms with E-state index in [4.69, 9.17) is 15.3 Å². The highest BCUT2D eigenvalue weighted by molar-refractivity contribution is 5.95. The van der Waals surface area contributed by atoms with Crippen LogP contribution in [-0.4, -0.2) is 45.2 Å². The standard InChI is InChI=1S/C9H11NO7/c11-6(2-4-8(14)15)10-5(9(16)17)1-3-7(12)13/h2,4-5H,1,3H2,(H,10,11)(H,12,13)(H,14,15)(H,16,17)/b4-2+. The minimum Gasteiger partial charge on any atom is -0.481 e. The van der Waals surface area contributed by atoms with Gasteiger partial charge in [0.25, 0.3) is 0 Å². The number of carboxylic acid groups (broad SMARTS) is 3. The van der Waals surface area contributed by atoms with Crippen LogP contribution in [0.2, 0.25) is 0 Å². The van der Waals surface area contributed by atoms with Crippen molar-refractivity contribution in [1.29, 1.82) is 0 Å². The summed E-state index contributed by atoms with van der Waals surface area (Å²) in [5.41, 5.74) is 0. The summed E-state index contributed by atoms with van der Waals surface area (Å²) in [5.74, 6) is -4.84. The van der Waals surface area contributed by atoms with Crippen molar-refractivity contribution >= 4 is 23.8 Å². The third-order valence-electron chi connectivity index (χ3n) is 1.64. The van der Waals surface area contributed by atoms with Crippen molar-refractivity contribution in [3.8, 4) is 0 Å². The second-order valence-corrected chi connectivity index (χ2v) is 3.00. The summed E-state index contributed by atoms with van der Waals surface area (Å²) in [6, 6.07) is -1.36. The molecule has 0 heterocycles. The molecule has 0 fully saturated rings. The van der Waals surface area contributed by atoms with Crippen molar-refractivity contribution in [2.45, 2.75) is 18.9 Å². The minimum absolute atomic E-state index is 0.280. The van der Waals surface area contributed by atoms with Crippen LogP contribution in [0.15, 0.2) is 12.2 Å². The second kappa shape index (κ2) is 6.99. The lowest BCUT2D eigenvalue weighted by Crippen LogP contribution is -2.40. The molecule has 8 heteroatoms. The van der Waals surface area contributed by atoms with E-state index in [1.165, 1.54) is 0 Å². The lowest BCUT2D eigenvalue weighted by molar-refractivity contribution is -0.142. The fourth-order valence-corrected chi connectivity index (χ4v) is 0.892. The Labute approximate surface area is 95.5 Å². The van der Waals surface area contributed by atoms with E-state index in [1.807, 2.05) is 5.32 Å². The van der Waals surface area contributed by atoms with E-state index in [1.54, 1.807) is 0 Å². The lowest BCUT2D eigenvalue weighted by atomic mass is 10.1. The number of aliphatic carboxylic acids is 3. The number of carboxylic acids is 3. The first-order valence-corrected chi connectivity index (χ1v) is 4.49. The molecule has 0 rings (SSSR count). The number of amides is 1. The molecular formula is C9H11NO7. The van der Waals surface area contributed by atoms with Gasteiger partial charge in [0.2, 0.25) is 5.91 Å². The van der Waals surface area contributed by atoms with E-state index >= 15 is 0 Å². The molecule has 0 aliphatic heterocycles. The lowest BCUT2D eigenvalue weighted by Gasteiger charge is -2.11. The zero-order chi connectivity index (χ0) is 13.4. The van der Waals surface area contributed by atoms with E-state index in [9.17, 15) is 19.2 Å². The van der Waals surface area contributed by atoms with Crippen LogP contribution in [0.25, 0.3) is 0 Å². The molecule has 4 N–H and O–H groups in total. The van der Waals surface area contributed by atoms with Gasteiger partial charge < -0.3 is 20.6 Å². The van der Waals surface area contributed by atoms with Crippen LogP contribution in [0.3, 0.4) is 0 Å². The number of nitrogens with one attached hydrogen (secondary N) is 1. The van der Waals surface area contributed by atoms with Crippen LogP contribution in [0.1, 0.15) is 12.8 Å². The Hall–Kier alpha value is -2.38.